The summed E-state index contributed by atoms with van der Waals surface area (Å²) in [6.07, 6.45) is 1.70. The summed E-state index contributed by atoms with van der Waals surface area (Å²) in [5, 5.41) is 11.8. The van der Waals surface area contributed by atoms with Gasteiger partial charge in [0.05, 0.1) is 0 Å². The normalized spacial score (nSPS) is 17.5. The number of nitrogens with two attached hydrogens (primary N) is 1. The molecule has 0 spiro atoms. The van der Waals surface area contributed by atoms with Crippen molar-refractivity contribution in [2.45, 2.75) is 0 Å². The van der Waals surface area contributed by atoms with E-state index in [4.69, 9.17) is 10.9 Å². The lowest BCUT2D eigenvalue weighted by Crippen LogP contribution is -2.48. The fourth-order valence-corrected chi connectivity index (χ4v) is 2.35. The summed E-state index contributed by atoms with van der Waals surface area (Å²) >= 11 is 0. The van der Waals surface area contributed by atoms with Crippen molar-refractivity contribution in [3.63, 3.8) is 0 Å². The van der Waals surface area contributed by atoms with Gasteiger partial charge in [-0.2, -0.15) is 0 Å². The molecule has 1 aliphatic heterocycles. The van der Waals surface area contributed by atoms with Crippen molar-refractivity contribution < 1.29 is 5.21 Å². The van der Waals surface area contributed by atoms with Gasteiger partial charge in [0.15, 0.2) is 5.84 Å². The molecule has 7 heteroatoms. The number of anilines is 1. The van der Waals surface area contributed by atoms with Gasteiger partial charge in [-0.1, -0.05) is 5.16 Å². The van der Waals surface area contributed by atoms with E-state index in [2.05, 4.69) is 38.9 Å². The SMILES string of the molecule is CN(C)CCN1CCN(c2cc(C(N)=NO)ccn2)CC1. The minimum atomic E-state index is 0.114. The summed E-state index contributed by atoms with van der Waals surface area (Å²) in [6, 6.07) is 3.61. The van der Waals surface area contributed by atoms with Crippen molar-refractivity contribution >= 4 is 11.7 Å². The third-order valence-electron chi connectivity index (χ3n) is 3.71. The van der Waals surface area contributed by atoms with Crippen molar-refractivity contribution in [3.8, 4) is 0 Å². The van der Waals surface area contributed by atoms with E-state index in [1.165, 1.54) is 0 Å². The van der Waals surface area contributed by atoms with Crippen molar-refractivity contribution in [3.05, 3.63) is 23.9 Å². The lowest BCUT2D eigenvalue weighted by atomic mass is 10.2. The fourth-order valence-electron chi connectivity index (χ4n) is 2.35. The molecule has 0 radical (unpaired) electrons. The molecule has 1 aromatic rings. The molecule has 0 amide bonds. The molecule has 7 nitrogen and oxygen atoms in total. The second-order valence-electron chi connectivity index (χ2n) is 5.52. The highest BCUT2D eigenvalue weighted by Gasteiger charge is 2.18. The average molecular weight is 292 g/mol. The monoisotopic (exact) mass is 292 g/mol. The summed E-state index contributed by atoms with van der Waals surface area (Å²) in [6.45, 7) is 6.13. The van der Waals surface area contributed by atoms with Gasteiger partial charge in [0.25, 0.3) is 0 Å². The molecule has 0 aromatic carbocycles. The second-order valence-corrected chi connectivity index (χ2v) is 5.52. The summed E-state index contributed by atoms with van der Waals surface area (Å²) in [5.74, 6) is 0.995. The van der Waals surface area contributed by atoms with Crippen LogP contribution >= 0.6 is 0 Å². The largest absolute Gasteiger partial charge is 0.409 e. The molecule has 0 atom stereocenters. The maximum absolute atomic E-state index is 8.75. The number of rotatable bonds is 5. The van der Waals surface area contributed by atoms with Gasteiger partial charge in [-0.15, -0.1) is 0 Å². The van der Waals surface area contributed by atoms with Gasteiger partial charge in [0, 0.05) is 51.0 Å². The first-order chi connectivity index (χ1) is 10.1. The molecular weight excluding hydrogens is 268 g/mol. The second kappa shape index (κ2) is 7.24. The first kappa shape index (κ1) is 15.5. The van der Waals surface area contributed by atoms with Crippen molar-refractivity contribution in [1.29, 1.82) is 0 Å². The third-order valence-corrected chi connectivity index (χ3v) is 3.71. The molecule has 3 N–H and O–H groups in total. The van der Waals surface area contributed by atoms with Gasteiger partial charge in [-0.25, -0.2) is 4.98 Å². The van der Waals surface area contributed by atoms with Crippen molar-refractivity contribution in [2.75, 3.05) is 58.3 Å². The quantitative estimate of drug-likeness (QED) is 0.340. The van der Waals surface area contributed by atoms with Crippen LogP contribution in [0, 0.1) is 0 Å². The van der Waals surface area contributed by atoms with Gasteiger partial charge >= 0.3 is 0 Å². The number of amidine groups is 1. The smallest absolute Gasteiger partial charge is 0.170 e. The first-order valence-corrected chi connectivity index (χ1v) is 7.16. The number of piperazine rings is 1. The maximum Gasteiger partial charge on any atom is 0.170 e. The minimum Gasteiger partial charge on any atom is -0.409 e. The van der Waals surface area contributed by atoms with Crippen LogP contribution in [0.5, 0.6) is 0 Å². The first-order valence-electron chi connectivity index (χ1n) is 7.16. The van der Waals surface area contributed by atoms with Gasteiger partial charge in [-0.3, -0.25) is 4.90 Å². The number of hydrogen-bond acceptors (Lipinski definition) is 6. The van der Waals surface area contributed by atoms with Gasteiger partial charge in [0.1, 0.15) is 5.82 Å². The Bertz CT molecular complexity index is 482. The molecule has 0 aliphatic carbocycles. The van der Waals surface area contributed by atoms with E-state index < -0.39 is 0 Å². The van der Waals surface area contributed by atoms with E-state index >= 15 is 0 Å². The van der Waals surface area contributed by atoms with E-state index in [1.54, 1.807) is 12.3 Å². The third kappa shape index (κ3) is 4.30. The van der Waals surface area contributed by atoms with E-state index in [9.17, 15) is 0 Å². The van der Waals surface area contributed by atoms with Crippen molar-refractivity contribution in [1.82, 2.24) is 14.8 Å². The molecule has 116 valence electrons. The van der Waals surface area contributed by atoms with Crippen LogP contribution in [0.4, 0.5) is 5.82 Å². The van der Waals surface area contributed by atoms with Gasteiger partial charge in [0.2, 0.25) is 0 Å². The fraction of sp³-hybridized carbons (Fsp3) is 0.571. The molecule has 2 rings (SSSR count). The molecule has 1 aromatic heterocycles. The number of nitrogens with zero attached hydrogens (tertiary/aromatic N) is 5. The molecule has 0 saturated carbocycles. The standard InChI is InChI=1S/C14H24N6O/c1-18(2)5-6-19-7-9-20(10-8-19)13-11-12(3-4-16-13)14(15)17-21/h3-4,11,21H,5-10H2,1-2H3,(H2,15,17). The maximum atomic E-state index is 8.75. The lowest BCUT2D eigenvalue weighted by molar-refractivity contribution is 0.229. The Morgan fingerprint density at radius 2 is 2.10 bits per heavy atom. The zero-order chi connectivity index (χ0) is 15.2. The predicted molar refractivity (Wildman–Crippen MR) is 84.0 cm³/mol. The van der Waals surface area contributed by atoms with Crippen LogP contribution in [0.3, 0.4) is 0 Å². The Morgan fingerprint density at radius 1 is 1.38 bits per heavy atom. The highest BCUT2D eigenvalue weighted by atomic mass is 16.4. The molecule has 1 aliphatic rings. The number of oxime groups is 1. The van der Waals surface area contributed by atoms with Crippen LogP contribution in [0.2, 0.25) is 0 Å². The zero-order valence-electron chi connectivity index (χ0n) is 12.7. The Kier molecular flexibility index (Phi) is 5.35. The van der Waals surface area contributed by atoms with E-state index in [1.807, 2.05) is 6.07 Å². The summed E-state index contributed by atoms with van der Waals surface area (Å²) in [4.78, 5) is 11.3. The Labute approximate surface area is 125 Å². The van der Waals surface area contributed by atoms with Gasteiger partial charge < -0.3 is 20.7 Å². The van der Waals surface area contributed by atoms with Crippen LogP contribution in [-0.4, -0.2) is 79.2 Å². The number of hydrogen-bond donors (Lipinski definition) is 2. The Hall–Kier alpha value is -1.86. The average Bonchev–Trinajstić information content (AvgIpc) is 2.52. The zero-order valence-corrected chi connectivity index (χ0v) is 12.7. The van der Waals surface area contributed by atoms with Crippen molar-refractivity contribution in [2.24, 2.45) is 10.9 Å². The highest BCUT2D eigenvalue weighted by Crippen LogP contribution is 2.15. The van der Waals surface area contributed by atoms with Crippen LogP contribution in [0.1, 0.15) is 5.56 Å². The predicted octanol–water partition coefficient (Wildman–Crippen LogP) is -0.140. The molecule has 1 fully saturated rings. The lowest BCUT2D eigenvalue weighted by Gasteiger charge is -2.35. The summed E-state index contributed by atoms with van der Waals surface area (Å²) in [5.41, 5.74) is 6.32. The number of likely N-dealkylation sites (N-methyl/N-ethyl adjacent to an activating group) is 1. The van der Waals surface area contributed by atoms with E-state index in [0.29, 0.717) is 5.56 Å². The molecule has 1 saturated heterocycles. The molecule has 2 heterocycles. The number of aromatic nitrogens is 1. The molecule has 0 unspecified atom stereocenters. The van der Waals surface area contributed by atoms with Crippen LogP contribution in [-0.2, 0) is 0 Å². The summed E-state index contributed by atoms with van der Waals surface area (Å²) < 4.78 is 0. The molecule has 0 bridgehead atoms. The Balaban J connectivity index is 1.93. The van der Waals surface area contributed by atoms with Crippen LogP contribution in [0.25, 0.3) is 0 Å². The van der Waals surface area contributed by atoms with Gasteiger partial charge in [-0.05, 0) is 26.2 Å². The van der Waals surface area contributed by atoms with E-state index in [0.717, 1.165) is 45.1 Å². The molecular formula is C14H24N6O. The summed E-state index contributed by atoms with van der Waals surface area (Å²) in [7, 11) is 4.19. The Morgan fingerprint density at radius 3 is 2.71 bits per heavy atom. The van der Waals surface area contributed by atoms with Crippen LogP contribution in [0.15, 0.2) is 23.5 Å². The topological polar surface area (TPSA) is 81.2 Å². The van der Waals surface area contributed by atoms with E-state index in [-0.39, 0.29) is 5.84 Å². The minimum absolute atomic E-state index is 0.114. The van der Waals surface area contributed by atoms with Crippen LogP contribution < -0.4 is 10.6 Å². The highest BCUT2D eigenvalue weighted by molar-refractivity contribution is 5.97. The number of pyridine rings is 1. The molecule has 21 heavy (non-hydrogen) atoms.